The molecule has 0 heterocycles. The SMILES string of the molecule is CC(C)CCCOC1CC(C(C)(C)C)CCC1CN. The molecular weight excluding hydrogens is 234 g/mol. The van der Waals surface area contributed by atoms with Crippen LogP contribution in [0.3, 0.4) is 0 Å². The Morgan fingerprint density at radius 3 is 2.42 bits per heavy atom. The molecule has 0 bridgehead atoms. The third-order valence-corrected chi connectivity index (χ3v) is 4.71. The van der Waals surface area contributed by atoms with Crippen molar-refractivity contribution in [2.75, 3.05) is 13.2 Å². The molecule has 1 saturated carbocycles. The summed E-state index contributed by atoms with van der Waals surface area (Å²) in [6.07, 6.45) is 6.61. The summed E-state index contributed by atoms with van der Waals surface area (Å²) in [6, 6.07) is 0. The standard InChI is InChI=1S/C17H35NO/c1-13(2)7-6-10-19-16-11-15(17(3,4)5)9-8-14(16)12-18/h13-16H,6-12,18H2,1-5H3. The lowest BCUT2D eigenvalue weighted by atomic mass is 9.68. The molecule has 0 spiro atoms. The van der Waals surface area contributed by atoms with Crippen LogP contribution in [0.5, 0.6) is 0 Å². The highest BCUT2D eigenvalue weighted by molar-refractivity contribution is 4.86. The van der Waals surface area contributed by atoms with E-state index in [4.69, 9.17) is 10.5 Å². The Balaban J connectivity index is 2.42. The monoisotopic (exact) mass is 269 g/mol. The van der Waals surface area contributed by atoms with Gasteiger partial charge in [0.15, 0.2) is 0 Å². The molecular formula is C17H35NO. The average molecular weight is 269 g/mol. The second-order valence-corrected chi connectivity index (χ2v) is 7.82. The summed E-state index contributed by atoms with van der Waals surface area (Å²) < 4.78 is 6.18. The maximum Gasteiger partial charge on any atom is 0.0618 e. The molecule has 0 amide bonds. The minimum Gasteiger partial charge on any atom is -0.378 e. The quantitative estimate of drug-likeness (QED) is 0.732. The normalized spacial score (nSPS) is 28.9. The van der Waals surface area contributed by atoms with Crippen molar-refractivity contribution >= 4 is 0 Å². The highest BCUT2D eigenvalue weighted by atomic mass is 16.5. The number of ether oxygens (including phenoxy) is 1. The van der Waals surface area contributed by atoms with Crippen molar-refractivity contribution in [1.82, 2.24) is 0 Å². The molecule has 114 valence electrons. The summed E-state index contributed by atoms with van der Waals surface area (Å²) in [4.78, 5) is 0. The van der Waals surface area contributed by atoms with Gasteiger partial charge in [0, 0.05) is 6.61 Å². The Labute approximate surface area is 120 Å². The molecule has 0 aliphatic heterocycles. The highest BCUT2D eigenvalue weighted by Gasteiger charge is 2.35. The van der Waals surface area contributed by atoms with Crippen molar-refractivity contribution < 1.29 is 4.74 Å². The van der Waals surface area contributed by atoms with E-state index in [1.165, 1.54) is 32.1 Å². The van der Waals surface area contributed by atoms with Gasteiger partial charge >= 0.3 is 0 Å². The molecule has 3 atom stereocenters. The van der Waals surface area contributed by atoms with E-state index in [2.05, 4.69) is 34.6 Å². The van der Waals surface area contributed by atoms with Crippen LogP contribution in [0.15, 0.2) is 0 Å². The average Bonchev–Trinajstić information content (AvgIpc) is 2.33. The Bertz CT molecular complexity index is 244. The van der Waals surface area contributed by atoms with Crippen molar-refractivity contribution in [2.45, 2.75) is 72.8 Å². The van der Waals surface area contributed by atoms with Gasteiger partial charge < -0.3 is 10.5 Å². The van der Waals surface area contributed by atoms with Crippen LogP contribution >= 0.6 is 0 Å². The Kier molecular flexibility index (Phi) is 6.82. The molecule has 19 heavy (non-hydrogen) atoms. The maximum absolute atomic E-state index is 6.18. The van der Waals surface area contributed by atoms with Gasteiger partial charge in [-0.15, -0.1) is 0 Å². The van der Waals surface area contributed by atoms with Gasteiger partial charge in [0.05, 0.1) is 6.10 Å². The first-order valence-corrected chi connectivity index (χ1v) is 8.16. The zero-order valence-corrected chi connectivity index (χ0v) is 13.7. The molecule has 1 rings (SSSR count). The summed E-state index contributed by atoms with van der Waals surface area (Å²) >= 11 is 0. The van der Waals surface area contributed by atoms with Crippen molar-refractivity contribution in [3.63, 3.8) is 0 Å². The third kappa shape index (κ3) is 5.83. The zero-order chi connectivity index (χ0) is 14.5. The molecule has 1 aliphatic rings. The van der Waals surface area contributed by atoms with E-state index in [1.54, 1.807) is 0 Å². The van der Waals surface area contributed by atoms with E-state index in [9.17, 15) is 0 Å². The van der Waals surface area contributed by atoms with Crippen molar-refractivity contribution in [3.8, 4) is 0 Å². The van der Waals surface area contributed by atoms with Gasteiger partial charge in [0.1, 0.15) is 0 Å². The van der Waals surface area contributed by atoms with E-state index in [0.717, 1.165) is 25.0 Å². The van der Waals surface area contributed by atoms with Crippen LogP contribution in [-0.4, -0.2) is 19.3 Å². The first-order chi connectivity index (χ1) is 8.84. The van der Waals surface area contributed by atoms with E-state index >= 15 is 0 Å². The predicted molar refractivity (Wildman–Crippen MR) is 83.2 cm³/mol. The van der Waals surface area contributed by atoms with E-state index in [-0.39, 0.29) is 0 Å². The molecule has 0 radical (unpaired) electrons. The van der Waals surface area contributed by atoms with E-state index in [0.29, 0.717) is 17.4 Å². The summed E-state index contributed by atoms with van der Waals surface area (Å²) in [7, 11) is 0. The highest BCUT2D eigenvalue weighted by Crippen LogP contribution is 2.40. The first kappa shape index (κ1) is 17.0. The van der Waals surface area contributed by atoms with Crippen molar-refractivity contribution in [3.05, 3.63) is 0 Å². The number of hydrogen-bond donors (Lipinski definition) is 1. The molecule has 0 aromatic carbocycles. The van der Waals surface area contributed by atoms with Gasteiger partial charge in [0.2, 0.25) is 0 Å². The maximum atomic E-state index is 6.18. The van der Waals surface area contributed by atoms with Gasteiger partial charge in [-0.25, -0.2) is 0 Å². The zero-order valence-electron chi connectivity index (χ0n) is 13.7. The van der Waals surface area contributed by atoms with Gasteiger partial charge in [-0.1, -0.05) is 34.6 Å². The summed E-state index contributed by atoms with van der Waals surface area (Å²) in [6.45, 7) is 13.3. The molecule has 2 heteroatoms. The Morgan fingerprint density at radius 2 is 1.89 bits per heavy atom. The fourth-order valence-corrected chi connectivity index (χ4v) is 3.18. The molecule has 1 aliphatic carbocycles. The summed E-state index contributed by atoms with van der Waals surface area (Å²) in [5, 5.41) is 0. The predicted octanol–water partition coefficient (Wildman–Crippen LogP) is 4.23. The van der Waals surface area contributed by atoms with E-state index < -0.39 is 0 Å². The summed E-state index contributed by atoms with van der Waals surface area (Å²) in [5.41, 5.74) is 6.32. The molecule has 0 saturated heterocycles. The number of hydrogen-bond acceptors (Lipinski definition) is 2. The van der Waals surface area contributed by atoms with Gasteiger partial charge in [-0.05, 0) is 61.8 Å². The molecule has 0 aromatic heterocycles. The third-order valence-electron chi connectivity index (χ3n) is 4.71. The fourth-order valence-electron chi connectivity index (χ4n) is 3.18. The van der Waals surface area contributed by atoms with Crippen molar-refractivity contribution in [1.29, 1.82) is 0 Å². The summed E-state index contributed by atoms with van der Waals surface area (Å²) in [5.74, 6) is 2.14. The van der Waals surface area contributed by atoms with Crippen LogP contribution in [-0.2, 0) is 4.74 Å². The van der Waals surface area contributed by atoms with Gasteiger partial charge in [-0.3, -0.25) is 0 Å². The van der Waals surface area contributed by atoms with Crippen molar-refractivity contribution in [2.24, 2.45) is 28.9 Å². The van der Waals surface area contributed by atoms with Gasteiger partial charge in [-0.2, -0.15) is 0 Å². The second-order valence-electron chi connectivity index (χ2n) is 7.82. The smallest absolute Gasteiger partial charge is 0.0618 e. The van der Waals surface area contributed by atoms with Crippen LogP contribution < -0.4 is 5.73 Å². The fraction of sp³-hybridized carbons (Fsp3) is 1.00. The molecule has 1 fully saturated rings. The lowest BCUT2D eigenvalue weighted by molar-refractivity contribution is -0.0420. The molecule has 2 N–H and O–H groups in total. The molecule has 2 nitrogen and oxygen atoms in total. The van der Waals surface area contributed by atoms with Crippen LogP contribution in [0.1, 0.15) is 66.7 Å². The molecule has 3 unspecified atom stereocenters. The Hall–Kier alpha value is -0.0800. The van der Waals surface area contributed by atoms with Crippen LogP contribution in [0, 0.1) is 23.2 Å². The number of rotatable bonds is 6. The minimum absolute atomic E-state index is 0.398. The first-order valence-electron chi connectivity index (χ1n) is 8.16. The number of nitrogens with two attached hydrogens (primary N) is 1. The topological polar surface area (TPSA) is 35.2 Å². The van der Waals surface area contributed by atoms with E-state index in [1.807, 2.05) is 0 Å². The molecule has 0 aromatic rings. The minimum atomic E-state index is 0.398. The second kappa shape index (κ2) is 7.64. The van der Waals surface area contributed by atoms with Crippen LogP contribution in [0.4, 0.5) is 0 Å². The van der Waals surface area contributed by atoms with Crippen LogP contribution in [0.25, 0.3) is 0 Å². The van der Waals surface area contributed by atoms with Gasteiger partial charge in [0.25, 0.3) is 0 Å². The Morgan fingerprint density at radius 1 is 1.21 bits per heavy atom. The lowest BCUT2D eigenvalue weighted by Gasteiger charge is -2.41. The largest absolute Gasteiger partial charge is 0.378 e. The van der Waals surface area contributed by atoms with Crippen LogP contribution in [0.2, 0.25) is 0 Å². The lowest BCUT2D eigenvalue weighted by Crippen LogP contribution is -2.40.